The maximum absolute atomic E-state index is 13.1. The van der Waals surface area contributed by atoms with E-state index in [1.54, 1.807) is 6.07 Å². The van der Waals surface area contributed by atoms with Crippen LogP contribution in [0.4, 0.5) is 4.39 Å². The van der Waals surface area contributed by atoms with E-state index in [1.807, 2.05) is 6.92 Å². The Hall–Kier alpha value is -0.270. The molecule has 2 rings (SSSR count). The van der Waals surface area contributed by atoms with E-state index in [4.69, 9.17) is 11.6 Å². The van der Waals surface area contributed by atoms with E-state index in [1.165, 1.54) is 12.1 Å². The van der Waals surface area contributed by atoms with Crippen molar-refractivity contribution < 1.29 is 4.39 Å². The Bertz CT molecular complexity index is 607. The van der Waals surface area contributed by atoms with Crippen molar-refractivity contribution in [1.29, 1.82) is 0 Å². The zero-order valence-corrected chi connectivity index (χ0v) is 13.8. The number of nitrogens with zero attached hydrogens (tertiary/aromatic N) is 2. The summed E-state index contributed by atoms with van der Waals surface area (Å²) in [7, 11) is 0. The Kier molecular flexibility index (Phi) is 4.55. The first kappa shape index (κ1) is 14.1. The van der Waals surface area contributed by atoms with Gasteiger partial charge in [-0.2, -0.15) is 0 Å². The minimum atomic E-state index is -0.307. The molecule has 0 aliphatic rings. The zero-order valence-electron chi connectivity index (χ0n) is 9.35. The van der Waals surface area contributed by atoms with Crippen molar-refractivity contribution in [2.45, 2.75) is 13.3 Å². The Morgan fingerprint density at radius 1 is 1.39 bits per heavy atom. The zero-order chi connectivity index (χ0) is 13.3. The summed E-state index contributed by atoms with van der Waals surface area (Å²) in [4.78, 5) is 8.69. The highest BCUT2D eigenvalue weighted by molar-refractivity contribution is 14.1. The molecular weight excluding hydrogens is 433 g/mol. The van der Waals surface area contributed by atoms with Crippen molar-refractivity contribution in [3.05, 3.63) is 42.9 Å². The quantitative estimate of drug-likeness (QED) is 0.491. The number of halogens is 4. The van der Waals surface area contributed by atoms with Crippen molar-refractivity contribution in [1.82, 2.24) is 9.97 Å². The SMILES string of the molecule is CCc1nc(-c2ccc(F)cc2Br)nc(Cl)c1I. The first-order valence-electron chi connectivity index (χ1n) is 5.20. The molecule has 0 amide bonds. The summed E-state index contributed by atoms with van der Waals surface area (Å²) in [5.41, 5.74) is 1.62. The minimum absolute atomic E-state index is 0.307. The number of hydrogen-bond acceptors (Lipinski definition) is 2. The van der Waals surface area contributed by atoms with Crippen LogP contribution in [0.3, 0.4) is 0 Å². The van der Waals surface area contributed by atoms with Crippen LogP contribution < -0.4 is 0 Å². The maximum atomic E-state index is 13.1. The van der Waals surface area contributed by atoms with Crippen molar-refractivity contribution in [2.24, 2.45) is 0 Å². The molecule has 0 spiro atoms. The Balaban J connectivity index is 2.60. The van der Waals surface area contributed by atoms with Crippen LogP contribution in [0.25, 0.3) is 11.4 Å². The van der Waals surface area contributed by atoms with Crippen molar-refractivity contribution in [3.63, 3.8) is 0 Å². The summed E-state index contributed by atoms with van der Waals surface area (Å²) in [6.07, 6.45) is 0.770. The first-order valence-corrected chi connectivity index (χ1v) is 7.45. The highest BCUT2D eigenvalue weighted by Crippen LogP contribution is 2.29. The molecule has 0 unspecified atom stereocenters. The third-order valence-electron chi connectivity index (χ3n) is 2.39. The van der Waals surface area contributed by atoms with E-state index in [2.05, 4.69) is 48.5 Å². The van der Waals surface area contributed by atoms with Crippen LogP contribution in [-0.2, 0) is 6.42 Å². The van der Waals surface area contributed by atoms with E-state index in [0.29, 0.717) is 15.5 Å². The van der Waals surface area contributed by atoms with Gasteiger partial charge in [-0.25, -0.2) is 14.4 Å². The van der Waals surface area contributed by atoms with Gasteiger partial charge in [-0.3, -0.25) is 0 Å². The van der Waals surface area contributed by atoms with Gasteiger partial charge in [0.2, 0.25) is 0 Å². The normalized spacial score (nSPS) is 10.7. The van der Waals surface area contributed by atoms with Gasteiger partial charge >= 0.3 is 0 Å². The third-order valence-corrected chi connectivity index (χ3v) is 4.77. The Labute approximate surface area is 131 Å². The van der Waals surface area contributed by atoms with Crippen LogP contribution in [0.15, 0.2) is 22.7 Å². The molecule has 0 atom stereocenters. The van der Waals surface area contributed by atoms with E-state index >= 15 is 0 Å². The van der Waals surface area contributed by atoms with Gasteiger partial charge in [-0.1, -0.05) is 18.5 Å². The second kappa shape index (κ2) is 5.79. The van der Waals surface area contributed by atoms with Crippen LogP contribution in [0, 0.1) is 9.39 Å². The molecule has 18 heavy (non-hydrogen) atoms. The molecule has 0 N–H and O–H groups in total. The van der Waals surface area contributed by atoms with Crippen LogP contribution in [0.1, 0.15) is 12.6 Å². The number of benzene rings is 1. The van der Waals surface area contributed by atoms with Gasteiger partial charge in [0.05, 0.1) is 9.26 Å². The number of aryl methyl sites for hydroxylation is 1. The lowest BCUT2D eigenvalue weighted by atomic mass is 10.2. The molecule has 0 saturated carbocycles. The van der Waals surface area contributed by atoms with E-state index < -0.39 is 0 Å². The molecule has 0 aliphatic heterocycles. The number of rotatable bonds is 2. The van der Waals surface area contributed by atoms with Crippen LogP contribution in [-0.4, -0.2) is 9.97 Å². The second-order valence-electron chi connectivity index (χ2n) is 3.58. The fourth-order valence-corrected chi connectivity index (χ4v) is 2.83. The molecule has 2 nitrogen and oxygen atoms in total. The number of hydrogen-bond donors (Lipinski definition) is 0. The van der Waals surface area contributed by atoms with Crippen LogP contribution >= 0.6 is 50.1 Å². The fourth-order valence-electron chi connectivity index (χ4n) is 1.49. The summed E-state index contributed by atoms with van der Waals surface area (Å²) in [6.45, 7) is 2.00. The average Bonchev–Trinajstić information content (AvgIpc) is 2.32. The van der Waals surface area contributed by atoms with Crippen LogP contribution in [0.5, 0.6) is 0 Å². The molecule has 1 heterocycles. The Morgan fingerprint density at radius 2 is 2.11 bits per heavy atom. The number of aromatic nitrogens is 2. The highest BCUT2D eigenvalue weighted by Gasteiger charge is 2.13. The Morgan fingerprint density at radius 3 is 2.72 bits per heavy atom. The monoisotopic (exact) mass is 440 g/mol. The van der Waals surface area contributed by atoms with Gasteiger partial charge in [-0.05, 0) is 63.1 Å². The lowest BCUT2D eigenvalue weighted by molar-refractivity contribution is 0.627. The van der Waals surface area contributed by atoms with Crippen molar-refractivity contribution >= 4 is 50.1 Å². The summed E-state index contributed by atoms with van der Waals surface area (Å²) in [5, 5.41) is 0.425. The molecule has 0 aliphatic carbocycles. The average molecular weight is 441 g/mol. The van der Waals surface area contributed by atoms with E-state index in [0.717, 1.165) is 21.2 Å². The fraction of sp³-hybridized carbons (Fsp3) is 0.167. The standard InChI is InChI=1S/C12H8BrClFIN2/c1-2-9-10(16)11(14)18-12(17-9)7-4-3-6(15)5-8(7)13/h3-5H,2H2,1H3. The van der Waals surface area contributed by atoms with E-state index in [-0.39, 0.29) is 5.82 Å². The van der Waals surface area contributed by atoms with Crippen molar-refractivity contribution in [3.8, 4) is 11.4 Å². The molecule has 6 heteroatoms. The third kappa shape index (κ3) is 2.83. The molecule has 0 saturated heterocycles. The second-order valence-corrected chi connectivity index (χ2v) is 5.87. The van der Waals surface area contributed by atoms with E-state index in [9.17, 15) is 4.39 Å². The molecule has 1 aromatic heterocycles. The largest absolute Gasteiger partial charge is 0.232 e. The molecule has 0 bridgehead atoms. The summed E-state index contributed by atoms with van der Waals surface area (Å²) in [6, 6.07) is 4.40. The summed E-state index contributed by atoms with van der Waals surface area (Å²) in [5.74, 6) is 0.196. The molecule has 2 aromatic rings. The molecule has 0 fully saturated rings. The first-order chi connectivity index (χ1) is 8.52. The minimum Gasteiger partial charge on any atom is -0.232 e. The topological polar surface area (TPSA) is 25.8 Å². The lowest BCUT2D eigenvalue weighted by Gasteiger charge is -2.08. The van der Waals surface area contributed by atoms with Gasteiger partial charge in [0, 0.05) is 10.0 Å². The van der Waals surface area contributed by atoms with Crippen molar-refractivity contribution in [2.75, 3.05) is 0 Å². The van der Waals surface area contributed by atoms with Gasteiger partial charge in [0.25, 0.3) is 0 Å². The van der Waals surface area contributed by atoms with Gasteiger partial charge in [0.1, 0.15) is 11.0 Å². The maximum Gasteiger partial charge on any atom is 0.162 e. The van der Waals surface area contributed by atoms with Gasteiger partial charge in [0.15, 0.2) is 5.82 Å². The molecule has 0 radical (unpaired) electrons. The molecule has 1 aromatic carbocycles. The van der Waals surface area contributed by atoms with Gasteiger partial charge < -0.3 is 0 Å². The lowest BCUT2D eigenvalue weighted by Crippen LogP contribution is -2.00. The predicted octanol–water partition coefficient (Wildman–Crippen LogP) is 4.87. The smallest absolute Gasteiger partial charge is 0.162 e. The van der Waals surface area contributed by atoms with Crippen LogP contribution in [0.2, 0.25) is 5.15 Å². The van der Waals surface area contributed by atoms with Gasteiger partial charge in [-0.15, -0.1) is 0 Å². The predicted molar refractivity (Wildman–Crippen MR) is 82.2 cm³/mol. The molecule has 94 valence electrons. The summed E-state index contributed by atoms with van der Waals surface area (Å²) < 4.78 is 14.5. The summed E-state index contributed by atoms with van der Waals surface area (Å²) >= 11 is 11.5. The highest BCUT2D eigenvalue weighted by atomic mass is 127. The molecular formula is C12H8BrClFIN2.